The van der Waals surface area contributed by atoms with Gasteiger partial charge in [-0.05, 0) is 47.8 Å². The summed E-state index contributed by atoms with van der Waals surface area (Å²) >= 11 is 0. The molecule has 7 fully saturated rings. The van der Waals surface area contributed by atoms with Crippen LogP contribution in [-0.2, 0) is 14.4 Å². The second-order valence-corrected chi connectivity index (χ2v) is 11.2. The van der Waals surface area contributed by atoms with Crippen molar-refractivity contribution >= 4 is 17.5 Å². The van der Waals surface area contributed by atoms with Gasteiger partial charge < -0.3 is 10.0 Å². The van der Waals surface area contributed by atoms with Crippen molar-refractivity contribution in [2.45, 2.75) is 58.3 Å². The van der Waals surface area contributed by atoms with Crippen molar-refractivity contribution in [1.82, 2.24) is 29.4 Å². The van der Waals surface area contributed by atoms with Gasteiger partial charge in [0.1, 0.15) is 11.6 Å². The van der Waals surface area contributed by atoms with E-state index in [1.165, 1.54) is 12.8 Å². The zero-order chi connectivity index (χ0) is 25.7. The van der Waals surface area contributed by atoms with Gasteiger partial charge in [-0.3, -0.25) is 38.9 Å². The molecule has 10 nitrogen and oxygen atoms in total. The first kappa shape index (κ1) is 30.8. The van der Waals surface area contributed by atoms with Crippen molar-refractivity contribution in [3.63, 3.8) is 0 Å². The van der Waals surface area contributed by atoms with Crippen LogP contribution in [-0.4, -0.2) is 169 Å². The van der Waals surface area contributed by atoms with Gasteiger partial charge in [-0.1, -0.05) is 7.43 Å². The Balaban J connectivity index is 0.000000188. The normalized spacial score (nSPS) is 30.8. The quantitative estimate of drug-likeness (QED) is 0.522. The Morgan fingerprint density at radius 3 is 1.28 bits per heavy atom. The molecule has 0 amide bonds. The van der Waals surface area contributed by atoms with Gasteiger partial charge in [0.05, 0.1) is 19.6 Å². The molecule has 7 rings (SSSR count). The van der Waals surface area contributed by atoms with Crippen molar-refractivity contribution in [2.24, 2.45) is 0 Å². The molecule has 0 radical (unpaired) electrons. The minimum absolute atomic E-state index is 0. The van der Waals surface area contributed by atoms with Crippen molar-refractivity contribution in [3.05, 3.63) is 0 Å². The third kappa shape index (κ3) is 8.85. The van der Waals surface area contributed by atoms with E-state index in [9.17, 15) is 14.4 Å². The molecule has 0 aromatic carbocycles. The molecule has 36 heavy (non-hydrogen) atoms. The SMILES string of the molecule is C.CC(=O)CN1CC2CC(C1)N2C.CC(=O)CN1CC2CC(C1)N2C.CN1CCN(CC(=O)O)CC1. The van der Waals surface area contributed by atoms with Crippen LogP contribution in [0.5, 0.6) is 0 Å². The summed E-state index contributed by atoms with van der Waals surface area (Å²) in [5.41, 5.74) is 0. The van der Waals surface area contributed by atoms with E-state index in [1.807, 2.05) is 4.90 Å². The largest absolute Gasteiger partial charge is 0.480 e. The maximum Gasteiger partial charge on any atom is 0.317 e. The molecular weight excluding hydrogens is 460 g/mol. The number of piperazine rings is 3. The number of rotatable bonds is 6. The van der Waals surface area contributed by atoms with Gasteiger partial charge in [0.2, 0.25) is 0 Å². The van der Waals surface area contributed by atoms with E-state index in [4.69, 9.17) is 5.11 Å². The Labute approximate surface area is 218 Å². The van der Waals surface area contributed by atoms with E-state index < -0.39 is 5.97 Å². The number of fused-ring (bicyclic) bond motifs is 4. The second kappa shape index (κ2) is 13.9. The number of ketones is 2. The molecule has 0 spiro atoms. The first-order valence-corrected chi connectivity index (χ1v) is 13.0. The summed E-state index contributed by atoms with van der Waals surface area (Å²) in [7, 11) is 6.42. The van der Waals surface area contributed by atoms with Gasteiger partial charge in [-0.25, -0.2) is 0 Å². The smallest absolute Gasteiger partial charge is 0.317 e. The lowest BCUT2D eigenvalue weighted by Gasteiger charge is -2.54. The van der Waals surface area contributed by atoms with Crippen molar-refractivity contribution < 1.29 is 19.5 Å². The number of hydrogen-bond acceptors (Lipinski definition) is 9. The zero-order valence-electron chi connectivity index (χ0n) is 22.4. The van der Waals surface area contributed by atoms with E-state index in [2.05, 4.69) is 45.6 Å². The number of carbonyl (C=O) groups excluding carboxylic acids is 2. The summed E-state index contributed by atoms with van der Waals surface area (Å²) < 4.78 is 0. The summed E-state index contributed by atoms with van der Waals surface area (Å²) in [5, 5.41) is 8.48. The average molecular weight is 511 g/mol. The standard InChI is InChI=1S/2C9H16N2O.C7H14N2O2.CH4/c2*1-7(12)4-11-5-8-3-9(6-11)10(8)2;1-8-2-4-9(5-3-8)6-7(10)11;/h2*8-9H,3-6H2,1-2H3;2-6H2,1H3,(H,10,11);1H4. The third-order valence-electron chi connectivity index (χ3n) is 8.12. The van der Waals surface area contributed by atoms with Crippen molar-refractivity contribution in [3.8, 4) is 0 Å². The summed E-state index contributed by atoms with van der Waals surface area (Å²) in [5.74, 6) is -0.146. The Bertz CT molecular complexity index is 676. The number of Topliss-reactive ketones (excluding diaryl/α,β-unsaturated/α-hetero) is 2. The van der Waals surface area contributed by atoms with Crippen LogP contribution >= 0.6 is 0 Å². The molecule has 1 N–H and O–H groups in total. The minimum Gasteiger partial charge on any atom is -0.480 e. The topological polar surface area (TPSA) is 90.9 Å². The fourth-order valence-electron chi connectivity index (χ4n) is 5.85. The molecule has 0 aliphatic carbocycles. The Kier molecular flexibility index (Phi) is 11.9. The first-order valence-electron chi connectivity index (χ1n) is 13.0. The molecule has 7 saturated heterocycles. The number of carboxylic acid groups (broad SMARTS) is 1. The summed E-state index contributed by atoms with van der Waals surface area (Å²) in [6, 6.07) is 2.90. The number of likely N-dealkylation sites (N-methyl/N-ethyl adjacent to an activating group) is 3. The van der Waals surface area contributed by atoms with Crippen molar-refractivity contribution in [2.75, 3.05) is 93.1 Å². The van der Waals surface area contributed by atoms with Gasteiger partial charge in [0, 0.05) is 76.5 Å². The Morgan fingerprint density at radius 2 is 1.00 bits per heavy atom. The average Bonchev–Trinajstić information content (AvgIpc) is 2.80. The second-order valence-electron chi connectivity index (χ2n) is 11.2. The maximum absolute atomic E-state index is 10.9. The fourth-order valence-corrected chi connectivity index (χ4v) is 5.85. The molecule has 0 saturated carbocycles. The lowest BCUT2D eigenvalue weighted by Crippen LogP contribution is -2.67. The van der Waals surface area contributed by atoms with Gasteiger partial charge >= 0.3 is 5.97 Å². The molecule has 0 aromatic rings. The van der Waals surface area contributed by atoms with Crippen LogP contribution in [0.3, 0.4) is 0 Å². The number of aliphatic carboxylic acids is 1. The molecule has 0 aromatic heterocycles. The van der Waals surface area contributed by atoms with E-state index in [1.54, 1.807) is 13.8 Å². The highest BCUT2D eigenvalue weighted by molar-refractivity contribution is 5.78. The van der Waals surface area contributed by atoms with Crippen LogP contribution in [0, 0.1) is 0 Å². The molecule has 10 heteroatoms. The molecule has 7 heterocycles. The number of nitrogens with zero attached hydrogens (tertiary/aromatic N) is 6. The number of piperidine rings is 2. The lowest BCUT2D eigenvalue weighted by atomic mass is 9.88. The van der Waals surface area contributed by atoms with Crippen LogP contribution in [0.2, 0.25) is 0 Å². The predicted octanol–water partition coefficient (Wildman–Crippen LogP) is -0.118. The molecule has 4 unspecified atom stereocenters. The molecule has 208 valence electrons. The van der Waals surface area contributed by atoms with Crippen LogP contribution in [0.1, 0.15) is 34.1 Å². The van der Waals surface area contributed by atoms with E-state index in [0.717, 1.165) is 76.5 Å². The number of carboxylic acids is 1. The molecular formula is C26H50N6O4. The third-order valence-corrected chi connectivity index (χ3v) is 8.12. The molecule has 4 bridgehead atoms. The highest BCUT2D eigenvalue weighted by Crippen LogP contribution is 2.30. The highest BCUT2D eigenvalue weighted by Gasteiger charge is 2.42. The van der Waals surface area contributed by atoms with Gasteiger partial charge in [-0.2, -0.15) is 0 Å². The molecule has 7 aliphatic rings. The van der Waals surface area contributed by atoms with Crippen LogP contribution in [0.4, 0.5) is 0 Å². The fraction of sp³-hybridized carbons (Fsp3) is 0.885. The highest BCUT2D eigenvalue weighted by atomic mass is 16.4. The summed E-state index contributed by atoms with van der Waals surface area (Å²) in [6.07, 6.45) is 2.68. The molecule has 4 atom stereocenters. The number of hydrogen-bond donors (Lipinski definition) is 1. The maximum atomic E-state index is 10.9. The Hall–Kier alpha value is -1.43. The lowest BCUT2D eigenvalue weighted by molar-refractivity contribution is -0.138. The van der Waals surface area contributed by atoms with Crippen LogP contribution in [0.25, 0.3) is 0 Å². The summed E-state index contributed by atoms with van der Waals surface area (Å²) in [4.78, 5) is 45.6. The molecule has 7 aliphatic heterocycles. The number of carbonyl (C=O) groups is 3. The first-order chi connectivity index (χ1) is 16.5. The Morgan fingerprint density at radius 1 is 0.639 bits per heavy atom. The van der Waals surface area contributed by atoms with Gasteiger partial charge in [0.15, 0.2) is 0 Å². The van der Waals surface area contributed by atoms with Crippen LogP contribution in [0.15, 0.2) is 0 Å². The van der Waals surface area contributed by atoms with E-state index >= 15 is 0 Å². The van der Waals surface area contributed by atoms with Gasteiger partial charge in [0.25, 0.3) is 0 Å². The van der Waals surface area contributed by atoms with E-state index in [0.29, 0.717) is 24.7 Å². The van der Waals surface area contributed by atoms with Crippen molar-refractivity contribution in [1.29, 1.82) is 0 Å². The monoisotopic (exact) mass is 510 g/mol. The van der Waals surface area contributed by atoms with Crippen LogP contribution < -0.4 is 0 Å². The predicted molar refractivity (Wildman–Crippen MR) is 142 cm³/mol. The minimum atomic E-state index is -0.727. The van der Waals surface area contributed by atoms with E-state index in [-0.39, 0.29) is 14.0 Å². The zero-order valence-corrected chi connectivity index (χ0v) is 22.4. The summed E-state index contributed by atoms with van der Waals surface area (Å²) in [6.45, 7) is 12.9. The van der Waals surface area contributed by atoms with Gasteiger partial charge in [-0.15, -0.1) is 0 Å².